The highest BCUT2D eigenvalue weighted by molar-refractivity contribution is 7.90. The lowest BCUT2D eigenvalue weighted by atomic mass is 9.89. The van der Waals surface area contributed by atoms with E-state index in [2.05, 4.69) is 30.7 Å². The van der Waals surface area contributed by atoms with Gasteiger partial charge in [-0.3, -0.25) is 0 Å². The Morgan fingerprint density at radius 2 is 1.82 bits per heavy atom. The molecule has 124 valence electrons. The molecule has 1 saturated heterocycles. The Bertz CT molecular complexity index is 536. The summed E-state index contributed by atoms with van der Waals surface area (Å²) in [5, 5.41) is -0.300. The quantitative estimate of drug-likeness (QED) is 0.838. The molecule has 0 bridgehead atoms. The lowest BCUT2D eigenvalue weighted by Gasteiger charge is -2.25. The summed E-state index contributed by atoms with van der Waals surface area (Å²) in [6.45, 7) is 5.89. The van der Waals surface area contributed by atoms with Gasteiger partial charge < -0.3 is 4.74 Å². The highest BCUT2D eigenvalue weighted by atomic mass is 32.2. The third-order valence-corrected chi connectivity index (χ3v) is 6.36. The Hall–Kier alpha value is -0.910. The molecule has 22 heavy (non-hydrogen) atoms. The molecular formula is C17H27NO3S. The Balaban J connectivity index is 1.93. The van der Waals surface area contributed by atoms with Gasteiger partial charge in [0.2, 0.25) is 10.0 Å². The van der Waals surface area contributed by atoms with E-state index in [1.807, 2.05) is 18.2 Å². The predicted octanol–water partition coefficient (Wildman–Crippen LogP) is 2.60. The molecule has 0 amide bonds. The Morgan fingerprint density at radius 1 is 1.18 bits per heavy atom. The summed E-state index contributed by atoms with van der Waals surface area (Å²) in [5.41, 5.74) is 1.26. The van der Waals surface area contributed by atoms with Crippen LogP contribution in [-0.4, -0.2) is 33.4 Å². The van der Waals surface area contributed by atoms with Gasteiger partial charge in [-0.05, 0) is 36.7 Å². The van der Waals surface area contributed by atoms with Crippen molar-refractivity contribution < 1.29 is 13.2 Å². The van der Waals surface area contributed by atoms with Crippen LogP contribution >= 0.6 is 0 Å². The average Bonchev–Trinajstić information content (AvgIpc) is 2.53. The SMILES string of the molecule is CC(C)[C@H](CNS(=O)(=O)C1CCOCC1)Cc1ccccc1. The fourth-order valence-electron chi connectivity index (χ4n) is 2.79. The Labute approximate surface area is 134 Å². The first-order valence-corrected chi connectivity index (χ1v) is 9.64. The van der Waals surface area contributed by atoms with E-state index in [9.17, 15) is 8.42 Å². The molecular weight excluding hydrogens is 298 g/mol. The topological polar surface area (TPSA) is 55.4 Å². The molecule has 1 heterocycles. The van der Waals surface area contributed by atoms with Crippen molar-refractivity contribution in [3.05, 3.63) is 35.9 Å². The molecule has 0 aliphatic carbocycles. The van der Waals surface area contributed by atoms with Crippen LogP contribution in [0, 0.1) is 11.8 Å². The van der Waals surface area contributed by atoms with E-state index in [1.165, 1.54) is 5.56 Å². The number of benzene rings is 1. The van der Waals surface area contributed by atoms with Gasteiger partial charge >= 0.3 is 0 Å². The molecule has 1 fully saturated rings. The molecule has 0 spiro atoms. The van der Waals surface area contributed by atoms with Crippen molar-refractivity contribution in [2.24, 2.45) is 11.8 Å². The van der Waals surface area contributed by atoms with Crippen molar-refractivity contribution in [2.45, 2.75) is 38.4 Å². The molecule has 0 saturated carbocycles. The molecule has 2 rings (SSSR count). The van der Waals surface area contributed by atoms with Crippen LogP contribution in [0.3, 0.4) is 0 Å². The minimum atomic E-state index is -3.23. The summed E-state index contributed by atoms with van der Waals surface area (Å²) >= 11 is 0. The third-order valence-electron chi connectivity index (χ3n) is 4.44. The maximum Gasteiger partial charge on any atom is 0.214 e. The van der Waals surface area contributed by atoms with Crippen LogP contribution in [0.1, 0.15) is 32.3 Å². The lowest BCUT2D eigenvalue weighted by Crippen LogP contribution is -2.41. The highest BCUT2D eigenvalue weighted by Crippen LogP contribution is 2.19. The van der Waals surface area contributed by atoms with Crippen LogP contribution < -0.4 is 4.72 Å². The van der Waals surface area contributed by atoms with Crippen LogP contribution in [0.5, 0.6) is 0 Å². The van der Waals surface area contributed by atoms with E-state index in [1.54, 1.807) is 0 Å². The van der Waals surface area contributed by atoms with Crippen molar-refractivity contribution in [1.82, 2.24) is 4.72 Å². The summed E-state index contributed by atoms with van der Waals surface area (Å²) in [6, 6.07) is 10.3. The maximum absolute atomic E-state index is 12.4. The summed E-state index contributed by atoms with van der Waals surface area (Å²) in [6.07, 6.45) is 2.09. The Morgan fingerprint density at radius 3 is 2.41 bits per heavy atom. The van der Waals surface area contributed by atoms with Crippen LogP contribution in [0.2, 0.25) is 0 Å². The molecule has 1 aliphatic rings. The number of rotatable bonds is 7. The molecule has 0 unspecified atom stereocenters. The minimum absolute atomic E-state index is 0.300. The maximum atomic E-state index is 12.4. The van der Waals surface area contributed by atoms with E-state index in [-0.39, 0.29) is 5.25 Å². The van der Waals surface area contributed by atoms with E-state index in [0.717, 1.165) is 6.42 Å². The van der Waals surface area contributed by atoms with Gasteiger partial charge in [0.1, 0.15) is 0 Å². The van der Waals surface area contributed by atoms with Gasteiger partial charge in [-0.25, -0.2) is 13.1 Å². The molecule has 0 aromatic heterocycles. The molecule has 1 aromatic carbocycles. The molecule has 4 nitrogen and oxygen atoms in total. The van der Waals surface area contributed by atoms with Gasteiger partial charge in [0.05, 0.1) is 5.25 Å². The average molecular weight is 325 g/mol. The predicted molar refractivity (Wildman–Crippen MR) is 89.2 cm³/mol. The van der Waals surface area contributed by atoms with Gasteiger partial charge in [-0.15, -0.1) is 0 Å². The van der Waals surface area contributed by atoms with Crippen molar-refractivity contribution in [3.8, 4) is 0 Å². The number of ether oxygens (including phenoxy) is 1. The zero-order valence-electron chi connectivity index (χ0n) is 13.5. The van der Waals surface area contributed by atoms with Crippen molar-refractivity contribution >= 4 is 10.0 Å². The summed E-state index contributed by atoms with van der Waals surface area (Å²) in [7, 11) is -3.23. The molecule has 5 heteroatoms. The van der Waals surface area contributed by atoms with Gasteiger partial charge in [0.15, 0.2) is 0 Å². The van der Waals surface area contributed by atoms with Crippen LogP contribution in [0.25, 0.3) is 0 Å². The molecule has 1 atom stereocenters. The summed E-state index contributed by atoms with van der Waals surface area (Å²) in [5.74, 6) is 0.731. The fourth-order valence-corrected chi connectivity index (χ4v) is 4.28. The van der Waals surface area contributed by atoms with Crippen LogP contribution in [0.4, 0.5) is 0 Å². The molecule has 1 N–H and O–H groups in total. The lowest BCUT2D eigenvalue weighted by molar-refractivity contribution is 0.0981. The normalized spacial score (nSPS) is 18.5. The van der Waals surface area contributed by atoms with Crippen LogP contribution in [-0.2, 0) is 21.2 Å². The van der Waals surface area contributed by atoms with E-state index < -0.39 is 10.0 Å². The van der Waals surface area contributed by atoms with Crippen molar-refractivity contribution in [1.29, 1.82) is 0 Å². The fraction of sp³-hybridized carbons (Fsp3) is 0.647. The number of sulfonamides is 1. The van der Waals surface area contributed by atoms with E-state index in [4.69, 9.17) is 4.74 Å². The first-order valence-electron chi connectivity index (χ1n) is 8.09. The van der Waals surface area contributed by atoms with Crippen molar-refractivity contribution in [2.75, 3.05) is 19.8 Å². The number of hydrogen-bond donors (Lipinski definition) is 1. The molecule has 0 radical (unpaired) electrons. The second-order valence-corrected chi connectivity index (χ2v) is 8.44. The first-order chi connectivity index (χ1) is 10.5. The number of hydrogen-bond acceptors (Lipinski definition) is 3. The Kier molecular flexibility index (Phi) is 6.41. The smallest absolute Gasteiger partial charge is 0.214 e. The summed E-state index contributed by atoms with van der Waals surface area (Å²) in [4.78, 5) is 0. The third kappa shape index (κ3) is 5.07. The molecule has 1 aromatic rings. The minimum Gasteiger partial charge on any atom is -0.381 e. The van der Waals surface area contributed by atoms with E-state index in [0.29, 0.717) is 44.4 Å². The second-order valence-electron chi connectivity index (χ2n) is 6.40. The zero-order valence-corrected chi connectivity index (χ0v) is 14.3. The second kappa shape index (κ2) is 8.09. The first kappa shape index (κ1) is 17.4. The van der Waals surface area contributed by atoms with Gasteiger partial charge in [-0.2, -0.15) is 0 Å². The monoisotopic (exact) mass is 325 g/mol. The van der Waals surface area contributed by atoms with E-state index >= 15 is 0 Å². The molecule has 1 aliphatic heterocycles. The van der Waals surface area contributed by atoms with Gasteiger partial charge in [0.25, 0.3) is 0 Å². The standard InChI is InChI=1S/C17H27NO3S/c1-14(2)16(12-15-6-4-3-5-7-15)13-18-22(19,20)17-8-10-21-11-9-17/h3-7,14,16-18H,8-13H2,1-2H3/t16-/m0/s1. The van der Waals surface area contributed by atoms with Crippen LogP contribution in [0.15, 0.2) is 30.3 Å². The highest BCUT2D eigenvalue weighted by Gasteiger charge is 2.28. The largest absolute Gasteiger partial charge is 0.381 e. The van der Waals surface area contributed by atoms with Gasteiger partial charge in [0, 0.05) is 19.8 Å². The van der Waals surface area contributed by atoms with Crippen molar-refractivity contribution in [3.63, 3.8) is 0 Å². The summed E-state index contributed by atoms with van der Waals surface area (Å²) < 4.78 is 32.9. The van der Waals surface area contributed by atoms with Gasteiger partial charge in [-0.1, -0.05) is 44.2 Å². The zero-order chi connectivity index (χ0) is 16.0. The number of nitrogens with one attached hydrogen (secondary N) is 1.